The van der Waals surface area contributed by atoms with Crippen molar-refractivity contribution >= 4 is 17.2 Å². The van der Waals surface area contributed by atoms with E-state index in [1.165, 1.54) is 56.2 Å². The molecule has 126 valence electrons. The average Bonchev–Trinajstić information content (AvgIpc) is 3.08. The first-order valence-corrected chi connectivity index (χ1v) is 10.2. The molecule has 2 aliphatic carbocycles. The van der Waals surface area contributed by atoms with Gasteiger partial charge in [-0.25, -0.2) is 0 Å². The molecule has 3 aliphatic rings. The van der Waals surface area contributed by atoms with Crippen LogP contribution in [0.3, 0.4) is 0 Å². The first kappa shape index (κ1) is 15.6. The molecule has 3 nitrogen and oxygen atoms in total. The summed E-state index contributed by atoms with van der Waals surface area (Å²) in [5.74, 6) is 0.288. The zero-order valence-corrected chi connectivity index (χ0v) is 14.7. The van der Waals surface area contributed by atoms with Crippen LogP contribution in [0, 0.1) is 0 Å². The van der Waals surface area contributed by atoms with E-state index in [1.54, 1.807) is 0 Å². The molecule has 23 heavy (non-hydrogen) atoms. The molecule has 1 aliphatic heterocycles. The molecule has 4 heteroatoms. The fourth-order valence-corrected chi connectivity index (χ4v) is 5.59. The molecule has 1 saturated heterocycles. The lowest BCUT2D eigenvalue weighted by atomic mass is 9.73. The smallest absolute Gasteiger partial charge is 0.237 e. The Balaban J connectivity index is 1.42. The van der Waals surface area contributed by atoms with Gasteiger partial charge >= 0.3 is 0 Å². The number of carbonyl (C=O) groups is 1. The quantitative estimate of drug-likeness (QED) is 0.892. The SMILES string of the molecule is O=C(NCC1(c2cccs2)CCCCC1)[C@H]1CCCN1C1CC1. The Bertz CT molecular complexity index is 532. The summed E-state index contributed by atoms with van der Waals surface area (Å²) in [5.41, 5.74) is 0.199. The monoisotopic (exact) mass is 332 g/mol. The summed E-state index contributed by atoms with van der Waals surface area (Å²) in [5, 5.41) is 5.54. The molecule has 1 amide bonds. The van der Waals surface area contributed by atoms with E-state index in [1.807, 2.05) is 11.3 Å². The van der Waals surface area contributed by atoms with Gasteiger partial charge in [-0.3, -0.25) is 9.69 Å². The Morgan fingerprint density at radius 2 is 2.04 bits per heavy atom. The van der Waals surface area contributed by atoms with Gasteiger partial charge in [0.1, 0.15) is 0 Å². The van der Waals surface area contributed by atoms with Crippen molar-refractivity contribution < 1.29 is 4.79 Å². The number of carbonyl (C=O) groups excluding carboxylic acids is 1. The van der Waals surface area contributed by atoms with E-state index in [9.17, 15) is 4.79 Å². The number of thiophene rings is 1. The van der Waals surface area contributed by atoms with E-state index in [-0.39, 0.29) is 17.4 Å². The zero-order chi connectivity index (χ0) is 15.7. The highest BCUT2D eigenvalue weighted by atomic mass is 32.1. The van der Waals surface area contributed by atoms with Crippen molar-refractivity contribution in [2.45, 2.75) is 75.3 Å². The highest BCUT2D eigenvalue weighted by Crippen LogP contribution is 2.41. The lowest BCUT2D eigenvalue weighted by Gasteiger charge is -2.37. The molecule has 2 heterocycles. The number of hydrogen-bond acceptors (Lipinski definition) is 3. The van der Waals surface area contributed by atoms with Crippen molar-refractivity contribution in [1.29, 1.82) is 0 Å². The lowest BCUT2D eigenvalue weighted by molar-refractivity contribution is -0.126. The van der Waals surface area contributed by atoms with Gasteiger partial charge < -0.3 is 5.32 Å². The fraction of sp³-hybridized carbons (Fsp3) is 0.737. The minimum Gasteiger partial charge on any atom is -0.354 e. The molecule has 4 rings (SSSR count). The van der Waals surface area contributed by atoms with Gasteiger partial charge in [-0.1, -0.05) is 25.3 Å². The average molecular weight is 333 g/mol. The van der Waals surface area contributed by atoms with Crippen LogP contribution in [-0.2, 0) is 10.2 Å². The van der Waals surface area contributed by atoms with E-state index in [0.717, 1.165) is 19.5 Å². The van der Waals surface area contributed by atoms with Gasteiger partial charge in [-0.2, -0.15) is 0 Å². The standard InChI is InChI=1S/C19H28N2OS/c22-18(16-6-4-12-21(16)15-8-9-15)20-14-19(10-2-1-3-11-19)17-7-5-13-23-17/h5,7,13,15-16H,1-4,6,8-12,14H2,(H,20,22)/t16-/m1/s1. The van der Waals surface area contributed by atoms with Crippen LogP contribution in [0.15, 0.2) is 17.5 Å². The maximum absolute atomic E-state index is 12.8. The third kappa shape index (κ3) is 3.20. The van der Waals surface area contributed by atoms with Crippen LogP contribution in [0.25, 0.3) is 0 Å². The van der Waals surface area contributed by atoms with Crippen LogP contribution in [-0.4, -0.2) is 36.0 Å². The van der Waals surface area contributed by atoms with Crippen LogP contribution in [0.1, 0.15) is 62.7 Å². The highest BCUT2D eigenvalue weighted by Gasteiger charge is 2.41. The number of rotatable bonds is 5. The zero-order valence-electron chi connectivity index (χ0n) is 13.9. The lowest BCUT2D eigenvalue weighted by Crippen LogP contribution is -2.49. The normalized spacial score (nSPS) is 27.9. The van der Waals surface area contributed by atoms with Crippen LogP contribution in [0.2, 0.25) is 0 Å². The topological polar surface area (TPSA) is 32.3 Å². The number of nitrogens with zero attached hydrogens (tertiary/aromatic N) is 1. The molecule has 0 spiro atoms. The van der Waals surface area contributed by atoms with E-state index >= 15 is 0 Å². The summed E-state index contributed by atoms with van der Waals surface area (Å²) in [7, 11) is 0. The number of nitrogens with one attached hydrogen (secondary N) is 1. The van der Waals surface area contributed by atoms with Gasteiger partial charge in [-0.05, 0) is 56.5 Å². The second-order valence-corrected chi connectivity index (χ2v) is 8.61. The van der Waals surface area contributed by atoms with Gasteiger partial charge in [0.15, 0.2) is 0 Å². The largest absolute Gasteiger partial charge is 0.354 e. The summed E-state index contributed by atoms with van der Waals surface area (Å²) < 4.78 is 0. The number of hydrogen-bond donors (Lipinski definition) is 1. The minimum absolute atomic E-state index is 0.145. The van der Waals surface area contributed by atoms with Crippen LogP contribution in [0.4, 0.5) is 0 Å². The van der Waals surface area contributed by atoms with Gasteiger partial charge in [0.2, 0.25) is 5.91 Å². The van der Waals surface area contributed by atoms with Gasteiger partial charge in [-0.15, -0.1) is 11.3 Å². The van der Waals surface area contributed by atoms with E-state index in [2.05, 4.69) is 27.7 Å². The maximum atomic E-state index is 12.8. The molecule has 2 saturated carbocycles. The molecule has 1 aromatic rings. The van der Waals surface area contributed by atoms with Crippen molar-refractivity contribution in [2.75, 3.05) is 13.1 Å². The first-order chi connectivity index (χ1) is 11.3. The van der Waals surface area contributed by atoms with E-state index in [4.69, 9.17) is 0 Å². The molecule has 3 fully saturated rings. The summed E-state index contributed by atoms with van der Waals surface area (Å²) in [4.78, 5) is 16.7. The van der Waals surface area contributed by atoms with Gasteiger partial charge in [0.05, 0.1) is 6.04 Å². The van der Waals surface area contributed by atoms with Crippen molar-refractivity contribution in [3.8, 4) is 0 Å². The predicted octanol–water partition coefficient (Wildman–Crippen LogP) is 3.69. The molecular formula is C19H28N2OS. The third-order valence-corrected chi connectivity index (χ3v) is 7.18. The second kappa shape index (κ2) is 6.56. The Hall–Kier alpha value is -0.870. The van der Waals surface area contributed by atoms with Gasteiger partial charge in [0, 0.05) is 22.9 Å². The predicted molar refractivity (Wildman–Crippen MR) is 94.8 cm³/mol. The second-order valence-electron chi connectivity index (χ2n) is 7.66. The third-order valence-electron chi connectivity index (χ3n) is 6.07. The molecule has 1 N–H and O–H groups in total. The summed E-state index contributed by atoms with van der Waals surface area (Å²) >= 11 is 1.87. The molecule has 0 unspecified atom stereocenters. The van der Waals surface area contributed by atoms with Crippen molar-refractivity contribution in [2.24, 2.45) is 0 Å². The van der Waals surface area contributed by atoms with Gasteiger partial charge in [0.25, 0.3) is 0 Å². The molecule has 0 bridgehead atoms. The van der Waals surface area contributed by atoms with Crippen molar-refractivity contribution in [3.05, 3.63) is 22.4 Å². The molecule has 1 atom stereocenters. The Labute approximate surface area is 143 Å². The Morgan fingerprint density at radius 1 is 1.22 bits per heavy atom. The fourth-order valence-electron chi connectivity index (χ4n) is 4.61. The van der Waals surface area contributed by atoms with Crippen LogP contribution < -0.4 is 5.32 Å². The Kier molecular flexibility index (Phi) is 4.46. The summed E-state index contributed by atoms with van der Waals surface area (Å²) in [6, 6.07) is 5.28. The van der Waals surface area contributed by atoms with Crippen molar-refractivity contribution in [1.82, 2.24) is 10.2 Å². The molecule has 0 radical (unpaired) electrons. The highest BCUT2D eigenvalue weighted by molar-refractivity contribution is 7.10. The Morgan fingerprint density at radius 3 is 2.74 bits per heavy atom. The molecule has 1 aromatic heterocycles. The minimum atomic E-state index is 0.145. The maximum Gasteiger partial charge on any atom is 0.237 e. The molecular weight excluding hydrogens is 304 g/mol. The van der Waals surface area contributed by atoms with Crippen molar-refractivity contribution in [3.63, 3.8) is 0 Å². The molecule has 0 aromatic carbocycles. The summed E-state index contributed by atoms with van der Waals surface area (Å²) in [6.07, 6.45) is 11.2. The summed E-state index contributed by atoms with van der Waals surface area (Å²) in [6.45, 7) is 1.96. The number of likely N-dealkylation sites (tertiary alicyclic amines) is 1. The van der Waals surface area contributed by atoms with Crippen LogP contribution in [0.5, 0.6) is 0 Å². The number of amides is 1. The van der Waals surface area contributed by atoms with E-state index < -0.39 is 0 Å². The van der Waals surface area contributed by atoms with E-state index in [0.29, 0.717) is 6.04 Å². The first-order valence-electron chi connectivity index (χ1n) is 9.36. The van der Waals surface area contributed by atoms with Crippen LogP contribution >= 0.6 is 11.3 Å².